The average molecular weight is 231 g/mol. The van der Waals surface area contributed by atoms with Crippen LogP contribution in [-0.2, 0) is 4.74 Å². The van der Waals surface area contributed by atoms with Gasteiger partial charge in [0.1, 0.15) is 0 Å². The van der Waals surface area contributed by atoms with Gasteiger partial charge in [0.25, 0.3) is 0 Å². The standard InChI is InChI=1S/C13H23ClO/c1-12(2)8-10(13(3,4)15-12)9-6-5-7-11(9)14/h9-11H,5-8H2,1-4H3. The van der Waals surface area contributed by atoms with Gasteiger partial charge in [0.15, 0.2) is 0 Å². The van der Waals surface area contributed by atoms with Crippen LogP contribution in [0.4, 0.5) is 0 Å². The molecule has 2 fully saturated rings. The highest BCUT2D eigenvalue weighted by Crippen LogP contribution is 2.50. The predicted octanol–water partition coefficient (Wildman–Crippen LogP) is 3.99. The Morgan fingerprint density at radius 1 is 1.13 bits per heavy atom. The Bertz CT molecular complexity index is 247. The van der Waals surface area contributed by atoms with E-state index in [4.69, 9.17) is 16.3 Å². The molecule has 1 aliphatic carbocycles. The van der Waals surface area contributed by atoms with Crippen molar-refractivity contribution in [2.75, 3.05) is 0 Å². The van der Waals surface area contributed by atoms with Gasteiger partial charge in [-0.05, 0) is 58.8 Å². The van der Waals surface area contributed by atoms with Crippen LogP contribution in [-0.4, -0.2) is 16.6 Å². The molecule has 1 saturated carbocycles. The number of alkyl halides is 1. The maximum absolute atomic E-state index is 6.42. The Morgan fingerprint density at radius 3 is 2.20 bits per heavy atom. The third kappa shape index (κ3) is 2.19. The van der Waals surface area contributed by atoms with Crippen molar-refractivity contribution in [1.29, 1.82) is 0 Å². The molecule has 0 radical (unpaired) electrons. The van der Waals surface area contributed by atoms with Crippen LogP contribution in [0.5, 0.6) is 0 Å². The van der Waals surface area contributed by atoms with Crippen molar-refractivity contribution in [3.05, 3.63) is 0 Å². The van der Waals surface area contributed by atoms with Crippen LogP contribution in [0.2, 0.25) is 0 Å². The second-order valence-electron chi connectivity index (χ2n) is 6.39. The highest BCUT2D eigenvalue weighted by molar-refractivity contribution is 6.20. The van der Waals surface area contributed by atoms with Crippen molar-refractivity contribution in [3.63, 3.8) is 0 Å². The first kappa shape index (κ1) is 11.7. The van der Waals surface area contributed by atoms with Gasteiger partial charge in [-0.15, -0.1) is 11.6 Å². The predicted molar refractivity (Wildman–Crippen MR) is 64.3 cm³/mol. The van der Waals surface area contributed by atoms with E-state index in [2.05, 4.69) is 27.7 Å². The van der Waals surface area contributed by atoms with Crippen molar-refractivity contribution >= 4 is 11.6 Å². The molecule has 0 spiro atoms. The smallest absolute Gasteiger partial charge is 0.0666 e. The molecule has 1 aliphatic heterocycles. The van der Waals surface area contributed by atoms with Crippen LogP contribution in [0.15, 0.2) is 0 Å². The minimum atomic E-state index is 0.00560. The Morgan fingerprint density at radius 2 is 1.80 bits per heavy atom. The van der Waals surface area contributed by atoms with Crippen LogP contribution < -0.4 is 0 Å². The Kier molecular flexibility index (Phi) is 2.84. The monoisotopic (exact) mass is 230 g/mol. The lowest BCUT2D eigenvalue weighted by atomic mass is 9.77. The summed E-state index contributed by atoms with van der Waals surface area (Å²) >= 11 is 6.42. The average Bonchev–Trinajstić information content (AvgIpc) is 2.52. The summed E-state index contributed by atoms with van der Waals surface area (Å²) in [6.45, 7) is 8.86. The lowest BCUT2D eigenvalue weighted by molar-refractivity contribution is -0.0795. The van der Waals surface area contributed by atoms with Crippen LogP contribution in [0.1, 0.15) is 53.4 Å². The lowest BCUT2D eigenvalue weighted by Crippen LogP contribution is -2.35. The maximum atomic E-state index is 6.42. The third-order valence-electron chi connectivity index (χ3n) is 4.14. The fourth-order valence-electron chi connectivity index (χ4n) is 3.67. The Labute approximate surface area is 98.5 Å². The zero-order valence-corrected chi connectivity index (χ0v) is 11.1. The van der Waals surface area contributed by atoms with Gasteiger partial charge in [0.2, 0.25) is 0 Å². The van der Waals surface area contributed by atoms with E-state index in [1.165, 1.54) is 19.3 Å². The van der Waals surface area contributed by atoms with Gasteiger partial charge in [0.05, 0.1) is 11.2 Å². The topological polar surface area (TPSA) is 9.23 Å². The molecule has 0 bridgehead atoms. The van der Waals surface area contributed by atoms with Gasteiger partial charge in [0, 0.05) is 5.38 Å². The van der Waals surface area contributed by atoms with Crippen LogP contribution in [0, 0.1) is 11.8 Å². The van der Waals surface area contributed by atoms with E-state index in [1.807, 2.05) is 0 Å². The molecule has 1 saturated heterocycles. The molecule has 0 amide bonds. The summed E-state index contributed by atoms with van der Waals surface area (Å²) in [5, 5.41) is 0.381. The number of halogens is 1. The van der Waals surface area contributed by atoms with Gasteiger partial charge < -0.3 is 4.74 Å². The quantitative estimate of drug-likeness (QED) is 0.619. The lowest BCUT2D eigenvalue weighted by Gasteiger charge is -2.32. The second kappa shape index (κ2) is 3.63. The number of hydrogen-bond donors (Lipinski definition) is 0. The number of hydrogen-bond acceptors (Lipinski definition) is 1. The minimum Gasteiger partial charge on any atom is -0.369 e. The molecule has 0 aromatic carbocycles. The fourth-order valence-corrected chi connectivity index (χ4v) is 4.12. The molecular formula is C13H23ClO. The van der Waals surface area contributed by atoms with E-state index in [0.717, 1.165) is 6.42 Å². The molecule has 88 valence electrons. The molecule has 2 rings (SSSR count). The molecule has 0 N–H and O–H groups in total. The summed E-state index contributed by atoms with van der Waals surface area (Å²) in [6, 6.07) is 0. The normalized spacial score (nSPS) is 43.4. The summed E-state index contributed by atoms with van der Waals surface area (Å²) in [4.78, 5) is 0. The van der Waals surface area contributed by atoms with Gasteiger partial charge in [-0.25, -0.2) is 0 Å². The molecule has 2 aliphatic rings. The molecule has 1 nitrogen and oxygen atoms in total. The van der Waals surface area contributed by atoms with Crippen molar-refractivity contribution in [3.8, 4) is 0 Å². The molecule has 3 atom stereocenters. The molecule has 15 heavy (non-hydrogen) atoms. The first-order valence-electron chi connectivity index (χ1n) is 6.16. The van der Waals surface area contributed by atoms with Crippen molar-refractivity contribution in [2.45, 2.75) is 70.0 Å². The van der Waals surface area contributed by atoms with Crippen molar-refractivity contribution in [2.24, 2.45) is 11.8 Å². The molecule has 3 unspecified atom stereocenters. The summed E-state index contributed by atoms with van der Waals surface area (Å²) in [6.07, 6.45) is 4.95. The Hall–Kier alpha value is 0.250. The molecule has 0 aromatic heterocycles. The molecule has 1 heterocycles. The van der Waals surface area contributed by atoms with Gasteiger partial charge in [-0.2, -0.15) is 0 Å². The highest BCUT2D eigenvalue weighted by Gasteiger charge is 2.51. The summed E-state index contributed by atoms with van der Waals surface area (Å²) in [5.74, 6) is 1.31. The van der Waals surface area contributed by atoms with Crippen LogP contribution >= 0.6 is 11.6 Å². The molecule has 2 heteroatoms. The van der Waals surface area contributed by atoms with E-state index in [0.29, 0.717) is 17.2 Å². The summed E-state index contributed by atoms with van der Waals surface area (Å²) in [5.41, 5.74) is 0.0407. The molecular weight excluding hydrogens is 208 g/mol. The van der Waals surface area contributed by atoms with E-state index in [9.17, 15) is 0 Å². The van der Waals surface area contributed by atoms with E-state index in [-0.39, 0.29) is 11.2 Å². The second-order valence-corrected chi connectivity index (χ2v) is 6.95. The molecule has 0 aromatic rings. The van der Waals surface area contributed by atoms with Gasteiger partial charge in [-0.3, -0.25) is 0 Å². The van der Waals surface area contributed by atoms with Crippen LogP contribution in [0.25, 0.3) is 0 Å². The summed E-state index contributed by atoms with van der Waals surface area (Å²) in [7, 11) is 0. The first-order chi connectivity index (χ1) is 6.82. The van der Waals surface area contributed by atoms with Crippen molar-refractivity contribution < 1.29 is 4.74 Å². The number of rotatable bonds is 1. The maximum Gasteiger partial charge on any atom is 0.0666 e. The van der Waals surface area contributed by atoms with E-state index < -0.39 is 0 Å². The van der Waals surface area contributed by atoms with Gasteiger partial charge >= 0.3 is 0 Å². The summed E-state index contributed by atoms with van der Waals surface area (Å²) < 4.78 is 6.15. The zero-order chi connectivity index (χ0) is 11.3. The first-order valence-corrected chi connectivity index (χ1v) is 6.60. The highest BCUT2D eigenvalue weighted by atomic mass is 35.5. The van der Waals surface area contributed by atoms with Crippen LogP contribution in [0.3, 0.4) is 0 Å². The third-order valence-corrected chi connectivity index (χ3v) is 4.68. The number of ether oxygens (including phenoxy) is 1. The van der Waals surface area contributed by atoms with Crippen molar-refractivity contribution in [1.82, 2.24) is 0 Å². The van der Waals surface area contributed by atoms with E-state index in [1.54, 1.807) is 0 Å². The SMILES string of the molecule is CC1(C)CC(C2CCCC2Cl)C(C)(C)O1. The Balaban J connectivity index is 2.15. The minimum absolute atomic E-state index is 0.00560. The largest absolute Gasteiger partial charge is 0.369 e. The van der Waals surface area contributed by atoms with E-state index >= 15 is 0 Å². The zero-order valence-electron chi connectivity index (χ0n) is 10.3. The fraction of sp³-hybridized carbons (Fsp3) is 1.00. The van der Waals surface area contributed by atoms with Gasteiger partial charge in [-0.1, -0.05) is 6.42 Å².